The predicted octanol–water partition coefficient (Wildman–Crippen LogP) is 2.72. The standard InChI is InChI=1S/C13H11Cl2NO2/c1-7-10(13(7,14)15)6-16-11(17)8-4-2-3-5-9(8)12(16)18/h2-5,7,10H,6H2,1H3/t7-,10+/m0/s1. The molecule has 2 aliphatic rings. The van der Waals surface area contributed by atoms with Crippen LogP contribution >= 0.6 is 23.2 Å². The Bertz CT molecular complexity index is 521. The summed E-state index contributed by atoms with van der Waals surface area (Å²) in [4.78, 5) is 25.5. The fourth-order valence-electron chi connectivity index (χ4n) is 2.44. The van der Waals surface area contributed by atoms with E-state index in [-0.39, 0.29) is 23.7 Å². The van der Waals surface area contributed by atoms with E-state index in [1.165, 1.54) is 4.90 Å². The second-order valence-corrected chi connectivity index (χ2v) is 6.28. The Labute approximate surface area is 115 Å². The third-order valence-corrected chi connectivity index (χ3v) is 5.10. The number of hydrogen-bond acceptors (Lipinski definition) is 2. The summed E-state index contributed by atoms with van der Waals surface area (Å²) in [5.74, 6) is -0.439. The minimum atomic E-state index is -0.810. The molecule has 3 nitrogen and oxygen atoms in total. The fourth-order valence-corrected chi connectivity index (χ4v) is 3.14. The quantitative estimate of drug-likeness (QED) is 0.618. The van der Waals surface area contributed by atoms with Gasteiger partial charge >= 0.3 is 0 Å². The molecule has 0 aromatic heterocycles. The van der Waals surface area contributed by atoms with Gasteiger partial charge in [-0.25, -0.2) is 0 Å². The van der Waals surface area contributed by atoms with E-state index >= 15 is 0 Å². The molecule has 0 spiro atoms. The third kappa shape index (κ3) is 1.50. The lowest BCUT2D eigenvalue weighted by atomic mass is 10.1. The zero-order valence-electron chi connectivity index (χ0n) is 9.69. The number of carbonyl (C=O) groups excluding carboxylic acids is 2. The smallest absolute Gasteiger partial charge is 0.261 e. The SMILES string of the molecule is C[C@H]1[C@@H](CN2C(=O)c3ccccc3C2=O)C1(Cl)Cl. The van der Waals surface area contributed by atoms with Crippen molar-refractivity contribution in [1.29, 1.82) is 0 Å². The lowest BCUT2D eigenvalue weighted by molar-refractivity contribution is 0.0645. The van der Waals surface area contributed by atoms with Crippen molar-refractivity contribution in [3.63, 3.8) is 0 Å². The van der Waals surface area contributed by atoms with Gasteiger partial charge in [0.15, 0.2) is 0 Å². The zero-order chi connectivity index (χ0) is 13.1. The topological polar surface area (TPSA) is 37.4 Å². The molecule has 2 atom stereocenters. The molecular formula is C13H11Cl2NO2. The number of alkyl halides is 2. The molecular weight excluding hydrogens is 273 g/mol. The zero-order valence-corrected chi connectivity index (χ0v) is 11.2. The van der Waals surface area contributed by atoms with E-state index in [1.54, 1.807) is 24.3 Å². The molecule has 3 rings (SSSR count). The highest BCUT2D eigenvalue weighted by molar-refractivity contribution is 6.51. The van der Waals surface area contributed by atoms with Crippen molar-refractivity contribution in [3.8, 4) is 0 Å². The Morgan fingerprint density at radius 2 is 1.61 bits per heavy atom. The van der Waals surface area contributed by atoms with Gasteiger partial charge in [0.2, 0.25) is 0 Å². The molecule has 1 aromatic rings. The lowest BCUT2D eigenvalue weighted by Crippen LogP contribution is -2.32. The molecule has 1 aliphatic carbocycles. The van der Waals surface area contributed by atoms with Gasteiger partial charge in [0, 0.05) is 12.5 Å². The number of fused-ring (bicyclic) bond motifs is 1. The van der Waals surface area contributed by atoms with Crippen LogP contribution in [0.4, 0.5) is 0 Å². The Morgan fingerprint density at radius 3 is 2.00 bits per heavy atom. The first-order valence-corrected chi connectivity index (χ1v) is 6.53. The highest BCUT2D eigenvalue weighted by Gasteiger charge is 2.61. The number of amides is 2. The van der Waals surface area contributed by atoms with E-state index in [2.05, 4.69) is 0 Å². The van der Waals surface area contributed by atoms with Gasteiger partial charge in [-0.3, -0.25) is 14.5 Å². The van der Waals surface area contributed by atoms with E-state index in [1.807, 2.05) is 6.92 Å². The molecule has 1 fully saturated rings. The molecule has 0 saturated heterocycles. The van der Waals surface area contributed by atoms with Crippen LogP contribution in [-0.4, -0.2) is 27.6 Å². The monoisotopic (exact) mass is 283 g/mol. The van der Waals surface area contributed by atoms with Gasteiger partial charge < -0.3 is 0 Å². The Morgan fingerprint density at radius 1 is 1.17 bits per heavy atom. The minimum absolute atomic E-state index is 0.0388. The summed E-state index contributed by atoms with van der Waals surface area (Å²) in [5, 5.41) is 0. The van der Waals surface area contributed by atoms with Crippen molar-refractivity contribution in [2.24, 2.45) is 11.8 Å². The van der Waals surface area contributed by atoms with Crippen LogP contribution in [0.1, 0.15) is 27.6 Å². The van der Waals surface area contributed by atoms with E-state index < -0.39 is 4.33 Å². The average Bonchev–Trinajstić information content (AvgIpc) is 2.71. The molecule has 1 aromatic carbocycles. The number of imide groups is 1. The van der Waals surface area contributed by atoms with E-state index in [0.717, 1.165) is 0 Å². The third-order valence-electron chi connectivity index (χ3n) is 3.85. The molecule has 0 bridgehead atoms. The van der Waals surface area contributed by atoms with Crippen molar-refractivity contribution >= 4 is 35.0 Å². The van der Waals surface area contributed by atoms with Crippen LogP contribution in [0.2, 0.25) is 0 Å². The Kier molecular flexibility index (Phi) is 2.48. The van der Waals surface area contributed by atoms with Gasteiger partial charge in [0.25, 0.3) is 11.8 Å². The molecule has 1 heterocycles. The van der Waals surface area contributed by atoms with Crippen LogP contribution in [0.15, 0.2) is 24.3 Å². The first-order valence-electron chi connectivity index (χ1n) is 5.77. The summed E-state index contributed by atoms with van der Waals surface area (Å²) < 4.78 is -0.810. The number of rotatable bonds is 2. The minimum Gasteiger partial charge on any atom is -0.274 e. The molecule has 2 amide bonds. The van der Waals surface area contributed by atoms with Crippen molar-refractivity contribution in [3.05, 3.63) is 35.4 Å². The molecule has 5 heteroatoms. The molecule has 1 aliphatic heterocycles. The summed E-state index contributed by atoms with van der Waals surface area (Å²) in [6, 6.07) is 6.84. The second-order valence-electron chi connectivity index (χ2n) is 4.84. The number of hydrogen-bond donors (Lipinski definition) is 0. The summed E-state index contributed by atoms with van der Waals surface area (Å²) in [7, 11) is 0. The van der Waals surface area contributed by atoms with Crippen LogP contribution in [0.3, 0.4) is 0 Å². The summed E-state index contributed by atoms with van der Waals surface area (Å²) in [6.45, 7) is 2.21. The van der Waals surface area contributed by atoms with Gasteiger partial charge in [-0.1, -0.05) is 19.1 Å². The highest BCUT2D eigenvalue weighted by atomic mass is 35.5. The normalized spacial score (nSPS) is 28.5. The van der Waals surface area contributed by atoms with Crippen LogP contribution < -0.4 is 0 Å². The maximum Gasteiger partial charge on any atom is 0.261 e. The molecule has 0 radical (unpaired) electrons. The van der Waals surface area contributed by atoms with Gasteiger partial charge in [0.05, 0.1) is 11.1 Å². The van der Waals surface area contributed by atoms with Crippen LogP contribution in [-0.2, 0) is 0 Å². The van der Waals surface area contributed by atoms with E-state index in [9.17, 15) is 9.59 Å². The number of halogens is 2. The molecule has 18 heavy (non-hydrogen) atoms. The summed E-state index contributed by atoms with van der Waals surface area (Å²) in [6.07, 6.45) is 0. The van der Waals surface area contributed by atoms with Crippen LogP contribution in [0.25, 0.3) is 0 Å². The fraction of sp³-hybridized carbons (Fsp3) is 0.385. The van der Waals surface area contributed by atoms with Gasteiger partial charge in [-0.15, -0.1) is 23.2 Å². The lowest BCUT2D eigenvalue weighted by Gasteiger charge is -2.13. The van der Waals surface area contributed by atoms with Crippen molar-refractivity contribution in [2.75, 3.05) is 6.54 Å². The summed E-state index contributed by atoms with van der Waals surface area (Å²) >= 11 is 12.1. The van der Waals surface area contributed by atoms with Crippen LogP contribution in [0, 0.1) is 11.8 Å². The Hall–Kier alpha value is -1.06. The Balaban J connectivity index is 1.85. The predicted molar refractivity (Wildman–Crippen MR) is 68.9 cm³/mol. The van der Waals surface area contributed by atoms with E-state index in [4.69, 9.17) is 23.2 Å². The molecule has 1 saturated carbocycles. The van der Waals surface area contributed by atoms with Crippen molar-refractivity contribution in [2.45, 2.75) is 11.3 Å². The number of benzene rings is 1. The first-order chi connectivity index (χ1) is 8.44. The second kappa shape index (κ2) is 3.72. The van der Waals surface area contributed by atoms with Gasteiger partial charge in [-0.05, 0) is 18.1 Å². The highest BCUT2D eigenvalue weighted by Crippen LogP contribution is 2.59. The maximum absolute atomic E-state index is 12.1. The molecule has 94 valence electrons. The largest absolute Gasteiger partial charge is 0.274 e. The number of carbonyl (C=O) groups is 2. The summed E-state index contributed by atoms with van der Waals surface area (Å²) in [5.41, 5.74) is 0.927. The van der Waals surface area contributed by atoms with Gasteiger partial charge in [-0.2, -0.15) is 0 Å². The molecule has 0 N–H and O–H groups in total. The number of nitrogens with zero attached hydrogens (tertiary/aromatic N) is 1. The molecule has 0 unspecified atom stereocenters. The van der Waals surface area contributed by atoms with E-state index in [0.29, 0.717) is 17.7 Å². The van der Waals surface area contributed by atoms with Crippen LogP contribution in [0.5, 0.6) is 0 Å². The average molecular weight is 284 g/mol. The maximum atomic E-state index is 12.1. The van der Waals surface area contributed by atoms with Gasteiger partial charge in [0.1, 0.15) is 4.33 Å². The first kappa shape index (κ1) is 12.0. The van der Waals surface area contributed by atoms with Crippen molar-refractivity contribution < 1.29 is 9.59 Å². The van der Waals surface area contributed by atoms with Crippen molar-refractivity contribution in [1.82, 2.24) is 4.90 Å².